The maximum absolute atomic E-state index is 2.48. The lowest BCUT2D eigenvalue weighted by molar-refractivity contribution is 1.18. The predicted octanol–water partition coefficient (Wildman–Crippen LogP) is 14.4. The van der Waals surface area contributed by atoms with Gasteiger partial charge in [0.1, 0.15) is 0 Å². The molecule has 0 aromatic heterocycles. The zero-order valence-corrected chi connectivity index (χ0v) is 29.2. The van der Waals surface area contributed by atoms with Crippen LogP contribution in [0.1, 0.15) is 11.1 Å². The molecule has 52 heavy (non-hydrogen) atoms. The zero-order chi connectivity index (χ0) is 34.8. The van der Waals surface area contributed by atoms with E-state index >= 15 is 0 Å². The second-order valence-corrected chi connectivity index (χ2v) is 14.0. The Morgan fingerprint density at radius 3 is 1.00 bits per heavy atom. The Balaban J connectivity index is 1.33. The van der Waals surface area contributed by atoms with Gasteiger partial charge in [0.05, 0.1) is 22.7 Å². The summed E-state index contributed by atoms with van der Waals surface area (Å²) in [6.45, 7) is 4.31. The van der Waals surface area contributed by atoms with Crippen LogP contribution in [0.2, 0.25) is 0 Å². The summed E-state index contributed by atoms with van der Waals surface area (Å²) in [5, 5.41) is 7.32. The summed E-state index contributed by atoms with van der Waals surface area (Å²) in [6.07, 6.45) is 0. The fraction of sp³-hybridized carbons (Fsp3) is 0.0400. The molecule has 0 bridgehead atoms. The van der Waals surface area contributed by atoms with Crippen LogP contribution in [-0.4, -0.2) is 0 Å². The van der Waals surface area contributed by atoms with Crippen molar-refractivity contribution in [3.63, 3.8) is 0 Å². The second kappa shape index (κ2) is 12.0. The van der Waals surface area contributed by atoms with Gasteiger partial charge in [-0.25, -0.2) is 0 Å². The molecule has 0 radical (unpaired) electrons. The smallest absolute Gasteiger partial charge is 0.0709 e. The first-order chi connectivity index (χ1) is 25.6. The number of nitrogens with zero attached hydrogens (tertiary/aromatic N) is 2. The summed E-state index contributed by atoms with van der Waals surface area (Å²) >= 11 is 0. The highest BCUT2D eigenvalue weighted by Crippen LogP contribution is 2.57. The summed E-state index contributed by atoms with van der Waals surface area (Å²) in [5.74, 6) is 0. The van der Waals surface area contributed by atoms with Crippen LogP contribution in [0, 0.1) is 13.8 Å². The van der Waals surface area contributed by atoms with Crippen molar-refractivity contribution in [2.45, 2.75) is 13.8 Å². The van der Waals surface area contributed by atoms with Crippen LogP contribution in [0.15, 0.2) is 182 Å². The molecule has 9 aromatic carbocycles. The van der Waals surface area contributed by atoms with E-state index in [1.165, 1.54) is 65.7 Å². The molecule has 0 spiro atoms. The normalized spacial score (nSPS) is 12.3. The highest BCUT2D eigenvalue weighted by atomic mass is 15.3. The Bertz CT molecular complexity index is 2620. The molecule has 0 atom stereocenters. The van der Waals surface area contributed by atoms with E-state index in [0.717, 1.165) is 34.1 Å². The predicted molar refractivity (Wildman–Crippen MR) is 222 cm³/mol. The average molecular weight is 665 g/mol. The third kappa shape index (κ3) is 5.03. The molecule has 9 aromatic rings. The molecule has 1 heterocycles. The Labute approximate surface area is 304 Å². The van der Waals surface area contributed by atoms with E-state index in [1.54, 1.807) is 0 Å². The van der Waals surface area contributed by atoms with Gasteiger partial charge in [-0.1, -0.05) is 145 Å². The van der Waals surface area contributed by atoms with Crippen molar-refractivity contribution in [1.82, 2.24) is 0 Å². The quantitative estimate of drug-likeness (QED) is 0.185. The van der Waals surface area contributed by atoms with E-state index in [9.17, 15) is 0 Å². The van der Waals surface area contributed by atoms with Gasteiger partial charge in [0, 0.05) is 11.4 Å². The minimum Gasteiger partial charge on any atom is -0.306 e. The van der Waals surface area contributed by atoms with Gasteiger partial charge in [0.15, 0.2) is 0 Å². The van der Waals surface area contributed by atoms with E-state index < -0.39 is 0 Å². The lowest BCUT2D eigenvalue weighted by Gasteiger charge is -2.41. The second-order valence-electron chi connectivity index (χ2n) is 14.0. The zero-order valence-electron chi connectivity index (χ0n) is 29.2. The third-order valence-corrected chi connectivity index (χ3v) is 10.6. The number of hydrogen-bond donors (Lipinski definition) is 0. The largest absolute Gasteiger partial charge is 0.306 e. The SMILES string of the molecule is Cc1ccc(-c2cc3c(cc2-c2ccc(C)cc2)N(c2ccc4ccccc4c2)c2cc4ccccc4cc2N3c2ccc3ccccc3c2)cc1. The maximum atomic E-state index is 2.48. The van der Waals surface area contributed by atoms with Crippen LogP contribution < -0.4 is 9.80 Å². The number of anilines is 6. The first-order valence-corrected chi connectivity index (χ1v) is 18.0. The third-order valence-electron chi connectivity index (χ3n) is 10.6. The summed E-state index contributed by atoms with van der Waals surface area (Å²) in [6, 6.07) is 67.3. The molecule has 0 saturated carbocycles. The number of aryl methyl sites for hydroxylation is 2. The van der Waals surface area contributed by atoms with Crippen molar-refractivity contribution in [3.8, 4) is 22.3 Å². The van der Waals surface area contributed by atoms with Crippen molar-refractivity contribution < 1.29 is 0 Å². The fourth-order valence-electron chi connectivity index (χ4n) is 7.90. The highest BCUT2D eigenvalue weighted by Gasteiger charge is 2.33. The summed E-state index contributed by atoms with van der Waals surface area (Å²) < 4.78 is 0. The molecule has 0 unspecified atom stereocenters. The first kappa shape index (κ1) is 30.2. The molecule has 0 aliphatic carbocycles. The first-order valence-electron chi connectivity index (χ1n) is 18.0. The standard InChI is InChI=1S/C50H36N2/c1-33-15-19-37(20-16-33)45-31-49-50(32-46(45)38-21-17-34(2)18-22-38)52(44-26-24-36-10-4-6-12-40(36)28-44)48-30-42-14-8-7-13-41(42)29-47(48)51(49)43-25-23-35-9-3-5-11-39(35)27-43/h3-32H,1-2H3. The summed E-state index contributed by atoms with van der Waals surface area (Å²) in [7, 11) is 0. The van der Waals surface area contributed by atoms with E-state index in [2.05, 4.69) is 206 Å². The van der Waals surface area contributed by atoms with Gasteiger partial charge < -0.3 is 9.80 Å². The van der Waals surface area contributed by atoms with Crippen molar-refractivity contribution >= 4 is 66.4 Å². The monoisotopic (exact) mass is 664 g/mol. The van der Waals surface area contributed by atoms with Gasteiger partial charge >= 0.3 is 0 Å². The highest BCUT2D eigenvalue weighted by molar-refractivity contribution is 6.09. The molecule has 0 N–H and O–H groups in total. The maximum Gasteiger partial charge on any atom is 0.0709 e. The Morgan fingerprint density at radius 2 is 0.615 bits per heavy atom. The van der Waals surface area contributed by atoms with Crippen molar-refractivity contribution in [1.29, 1.82) is 0 Å². The molecule has 10 rings (SSSR count). The molecule has 1 aliphatic heterocycles. The van der Waals surface area contributed by atoms with Crippen LogP contribution in [0.4, 0.5) is 34.1 Å². The molecule has 246 valence electrons. The van der Waals surface area contributed by atoms with Crippen molar-refractivity contribution in [2.24, 2.45) is 0 Å². The van der Waals surface area contributed by atoms with Gasteiger partial charge in [-0.3, -0.25) is 0 Å². The van der Waals surface area contributed by atoms with Crippen LogP contribution in [-0.2, 0) is 0 Å². The number of rotatable bonds is 4. The Kier molecular flexibility index (Phi) is 6.97. The average Bonchev–Trinajstić information content (AvgIpc) is 3.19. The van der Waals surface area contributed by atoms with Crippen LogP contribution >= 0.6 is 0 Å². The number of benzene rings is 9. The van der Waals surface area contributed by atoms with E-state index in [4.69, 9.17) is 0 Å². The molecular weight excluding hydrogens is 629 g/mol. The molecule has 0 fully saturated rings. The van der Waals surface area contributed by atoms with Gasteiger partial charge in [0.25, 0.3) is 0 Å². The Morgan fingerprint density at radius 1 is 0.288 bits per heavy atom. The van der Waals surface area contributed by atoms with E-state index in [-0.39, 0.29) is 0 Å². The Hall–Kier alpha value is -6.64. The molecule has 1 aliphatic rings. The fourth-order valence-corrected chi connectivity index (χ4v) is 7.90. The summed E-state index contributed by atoms with van der Waals surface area (Å²) in [4.78, 5) is 4.97. The van der Waals surface area contributed by atoms with Gasteiger partial charge in [-0.05, 0) is 117 Å². The molecule has 0 saturated heterocycles. The van der Waals surface area contributed by atoms with Crippen molar-refractivity contribution in [2.75, 3.05) is 9.80 Å². The lowest BCUT2D eigenvalue weighted by atomic mass is 9.90. The van der Waals surface area contributed by atoms with E-state index in [0.29, 0.717) is 0 Å². The van der Waals surface area contributed by atoms with Crippen LogP contribution in [0.25, 0.3) is 54.6 Å². The number of fused-ring (bicyclic) bond motifs is 5. The van der Waals surface area contributed by atoms with E-state index in [1.807, 2.05) is 0 Å². The van der Waals surface area contributed by atoms with Crippen molar-refractivity contribution in [3.05, 3.63) is 193 Å². The molecular formula is C50H36N2. The molecule has 0 amide bonds. The van der Waals surface area contributed by atoms with Crippen LogP contribution in [0.5, 0.6) is 0 Å². The summed E-state index contributed by atoms with van der Waals surface area (Å²) in [5.41, 5.74) is 14.1. The van der Waals surface area contributed by atoms with Crippen LogP contribution in [0.3, 0.4) is 0 Å². The molecule has 2 nitrogen and oxygen atoms in total. The van der Waals surface area contributed by atoms with Gasteiger partial charge in [-0.15, -0.1) is 0 Å². The minimum absolute atomic E-state index is 1.13. The van der Waals surface area contributed by atoms with Gasteiger partial charge in [-0.2, -0.15) is 0 Å². The minimum atomic E-state index is 1.13. The molecule has 2 heteroatoms. The number of hydrogen-bond acceptors (Lipinski definition) is 2. The van der Waals surface area contributed by atoms with Gasteiger partial charge in [0.2, 0.25) is 0 Å². The lowest BCUT2D eigenvalue weighted by Crippen LogP contribution is -2.24. The topological polar surface area (TPSA) is 6.48 Å².